The molecule has 2 aliphatic heterocycles. The molecule has 40 heavy (non-hydrogen) atoms. The summed E-state index contributed by atoms with van der Waals surface area (Å²) in [4.78, 5) is 27.3. The summed E-state index contributed by atoms with van der Waals surface area (Å²) in [5, 5.41) is 20.4. The summed E-state index contributed by atoms with van der Waals surface area (Å²) in [6.07, 6.45) is 8.22. The van der Waals surface area contributed by atoms with Crippen LogP contribution in [0.1, 0.15) is 67.0 Å². The average Bonchev–Trinajstić information content (AvgIpc) is 3.66. The highest BCUT2D eigenvalue weighted by molar-refractivity contribution is 5.76. The van der Waals surface area contributed by atoms with E-state index in [0.29, 0.717) is 44.4 Å². The first-order chi connectivity index (χ1) is 19.5. The number of aliphatic carboxylic acids is 1. The third kappa shape index (κ3) is 8.71. The van der Waals surface area contributed by atoms with Crippen LogP contribution in [0.4, 0.5) is 10.2 Å². The van der Waals surface area contributed by atoms with Crippen molar-refractivity contribution in [2.45, 2.75) is 70.1 Å². The Bertz CT molecular complexity index is 1130. The van der Waals surface area contributed by atoms with Crippen LogP contribution in [0.15, 0.2) is 30.3 Å². The summed E-state index contributed by atoms with van der Waals surface area (Å²) in [5.41, 5.74) is 3.64. The normalized spacial score (nSPS) is 19.2. The van der Waals surface area contributed by atoms with Crippen LogP contribution >= 0.6 is 0 Å². The number of carboxylic acids is 1. The number of halogens is 1. The number of unbranched alkanes of at least 4 members (excludes halogenated alkanes) is 1. The second-order valence-corrected chi connectivity index (χ2v) is 10.7. The van der Waals surface area contributed by atoms with E-state index in [9.17, 15) is 14.3 Å². The second kappa shape index (κ2) is 15.1. The maximum Gasteiger partial charge on any atom is 0.325 e. The molecule has 1 saturated heterocycles. The molecule has 9 nitrogen and oxygen atoms in total. The lowest BCUT2D eigenvalue weighted by molar-refractivity contribution is -0.143. The van der Waals surface area contributed by atoms with Gasteiger partial charge in [-0.2, -0.15) is 0 Å². The molecule has 1 saturated carbocycles. The van der Waals surface area contributed by atoms with Crippen LogP contribution in [-0.4, -0.2) is 71.5 Å². The Kier molecular flexibility index (Phi) is 11.3. The number of likely N-dealkylation sites (tertiary alicyclic amines) is 1. The van der Waals surface area contributed by atoms with Gasteiger partial charge in [-0.1, -0.05) is 12.1 Å². The number of benzene rings is 1. The molecule has 1 aliphatic carbocycles. The summed E-state index contributed by atoms with van der Waals surface area (Å²) < 4.78 is 26.1. The van der Waals surface area contributed by atoms with E-state index in [1.807, 2.05) is 4.90 Å². The molecule has 1 aromatic heterocycles. The quantitative estimate of drug-likeness (QED) is 0.242. The number of fused-ring (bicyclic) bond motifs is 1. The highest BCUT2D eigenvalue weighted by Gasteiger charge is 2.35. The zero-order valence-electron chi connectivity index (χ0n) is 22.9. The van der Waals surface area contributed by atoms with Gasteiger partial charge in [-0.3, -0.25) is 14.5 Å². The van der Waals surface area contributed by atoms with E-state index in [0.717, 1.165) is 62.1 Å². The number of carboxylic acid groups (broad SMARTS) is 2. The highest BCUT2D eigenvalue weighted by atomic mass is 19.1. The zero-order valence-corrected chi connectivity index (χ0v) is 22.9. The minimum atomic E-state index is -0.971. The van der Waals surface area contributed by atoms with Gasteiger partial charge in [0.25, 0.3) is 6.47 Å². The van der Waals surface area contributed by atoms with Crippen LogP contribution in [0.5, 0.6) is 0 Å². The lowest BCUT2D eigenvalue weighted by Crippen LogP contribution is -2.34. The highest BCUT2D eigenvalue weighted by Crippen LogP contribution is 2.32. The number of ether oxygens (including phenoxy) is 2. The van der Waals surface area contributed by atoms with Gasteiger partial charge < -0.3 is 25.0 Å². The molecule has 5 rings (SSSR count). The minimum absolute atomic E-state index is 0.0176. The molecule has 3 aliphatic rings. The number of anilines is 1. The van der Waals surface area contributed by atoms with Crippen molar-refractivity contribution in [3.63, 3.8) is 0 Å². The Balaban J connectivity index is 0.00000118. The van der Waals surface area contributed by atoms with E-state index in [4.69, 9.17) is 24.4 Å². The van der Waals surface area contributed by atoms with Crippen molar-refractivity contribution in [3.8, 4) is 0 Å². The Morgan fingerprint density at radius 1 is 1.23 bits per heavy atom. The Morgan fingerprint density at radius 2 is 2.05 bits per heavy atom. The topological polar surface area (TPSA) is 121 Å². The van der Waals surface area contributed by atoms with Gasteiger partial charge in [-0.15, -0.1) is 0 Å². The van der Waals surface area contributed by atoms with Crippen LogP contribution in [-0.2, 0) is 38.5 Å². The van der Waals surface area contributed by atoms with Gasteiger partial charge in [0, 0.05) is 38.5 Å². The van der Waals surface area contributed by atoms with E-state index < -0.39 is 17.8 Å². The second-order valence-electron chi connectivity index (χ2n) is 10.7. The summed E-state index contributed by atoms with van der Waals surface area (Å²) in [6.45, 7) is 3.49. The van der Waals surface area contributed by atoms with E-state index in [1.165, 1.54) is 30.5 Å². The van der Waals surface area contributed by atoms with Gasteiger partial charge in [-0.25, -0.2) is 9.37 Å². The van der Waals surface area contributed by atoms with Crippen molar-refractivity contribution in [2.24, 2.45) is 5.92 Å². The summed E-state index contributed by atoms with van der Waals surface area (Å²) in [5.74, 6) is 0.252. The molecule has 3 N–H and O–H groups in total. The summed E-state index contributed by atoms with van der Waals surface area (Å²) in [6, 6.07) is 7.80. The van der Waals surface area contributed by atoms with E-state index >= 15 is 0 Å². The minimum Gasteiger partial charge on any atom is -0.483 e. The molecule has 3 heterocycles. The Morgan fingerprint density at radius 3 is 2.83 bits per heavy atom. The first-order valence-electron chi connectivity index (χ1n) is 14.2. The first-order valence-corrected chi connectivity index (χ1v) is 14.2. The third-order valence-electron chi connectivity index (χ3n) is 7.62. The molecule has 0 spiro atoms. The molecule has 218 valence electrons. The number of hydrogen-bond donors (Lipinski definition) is 3. The van der Waals surface area contributed by atoms with E-state index in [-0.39, 0.29) is 12.6 Å². The predicted octanol–water partition coefficient (Wildman–Crippen LogP) is 4.45. The van der Waals surface area contributed by atoms with Crippen molar-refractivity contribution in [1.29, 1.82) is 0 Å². The summed E-state index contributed by atoms with van der Waals surface area (Å²) in [7, 11) is 0. The molecule has 0 radical (unpaired) electrons. The maximum atomic E-state index is 14.2. The number of hydrogen-bond acceptors (Lipinski definition) is 7. The van der Waals surface area contributed by atoms with Gasteiger partial charge in [0.2, 0.25) is 0 Å². The third-order valence-corrected chi connectivity index (χ3v) is 7.62. The number of aryl methyl sites for hydroxylation is 2. The van der Waals surface area contributed by atoms with Gasteiger partial charge in [-0.05, 0) is 92.2 Å². The number of nitrogens with zero attached hydrogens (tertiary/aromatic N) is 2. The van der Waals surface area contributed by atoms with Crippen LogP contribution in [0.25, 0.3) is 0 Å². The van der Waals surface area contributed by atoms with Crippen LogP contribution in [0.3, 0.4) is 0 Å². The number of carbonyl (C=O) groups is 2. The monoisotopic (exact) mass is 557 g/mol. The van der Waals surface area contributed by atoms with Crippen molar-refractivity contribution in [3.05, 3.63) is 58.5 Å². The molecule has 0 bridgehead atoms. The van der Waals surface area contributed by atoms with Crippen molar-refractivity contribution < 1.29 is 33.7 Å². The SMILES string of the molecule is O=C(O)C(c1cc(F)ccc1COCC1CC1)N1CC[C@@H](OCCCCc2ccc3c(n2)NCCC3)C1.O=CO. The molecule has 2 atom stereocenters. The lowest BCUT2D eigenvalue weighted by Gasteiger charge is -2.26. The molecule has 0 amide bonds. The molecule has 2 fully saturated rings. The van der Waals surface area contributed by atoms with E-state index in [1.54, 1.807) is 6.07 Å². The fourth-order valence-corrected chi connectivity index (χ4v) is 5.35. The van der Waals surface area contributed by atoms with Gasteiger partial charge >= 0.3 is 5.97 Å². The van der Waals surface area contributed by atoms with Crippen molar-refractivity contribution in [1.82, 2.24) is 9.88 Å². The fourth-order valence-electron chi connectivity index (χ4n) is 5.35. The maximum absolute atomic E-state index is 14.2. The number of nitrogens with one attached hydrogen (secondary N) is 1. The average molecular weight is 558 g/mol. The molecular weight excluding hydrogens is 517 g/mol. The first kappa shape index (κ1) is 29.9. The predicted molar refractivity (Wildman–Crippen MR) is 148 cm³/mol. The largest absolute Gasteiger partial charge is 0.483 e. The van der Waals surface area contributed by atoms with Gasteiger partial charge in [0.05, 0.1) is 12.7 Å². The standard InChI is InChI=1S/C29H38FN3O4.CH2O2/c30-23-10-8-22(19-36-18-20-6-7-20)26(16-23)27(29(34)35)33-14-12-25(17-33)37-15-2-1-5-24-11-9-21-4-3-13-31-28(21)32-24;2-1-3/h8-11,16,20,25,27H,1-7,12-15,17-19H2,(H,31,32)(H,34,35);1H,(H,2,3)/t25-,27?;/m1./s1. The molecular formula is C30H40FN3O6. The zero-order chi connectivity index (χ0) is 28.3. The van der Waals surface area contributed by atoms with Gasteiger partial charge in [0.1, 0.15) is 17.7 Å². The molecule has 10 heteroatoms. The van der Waals surface area contributed by atoms with Crippen LogP contribution in [0.2, 0.25) is 0 Å². The fraction of sp³-hybridized carbons (Fsp3) is 0.567. The number of pyridine rings is 1. The molecule has 2 aromatic rings. The van der Waals surface area contributed by atoms with E-state index in [2.05, 4.69) is 17.4 Å². The molecule has 1 unspecified atom stereocenters. The van der Waals surface area contributed by atoms with Crippen LogP contribution < -0.4 is 5.32 Å². The Hall–Kier alpha value is -3.08. The van der Waals surface area contributed by atoms with Crippen LogP contribution in [0, 0.1) is 11.7 Å². The molecule has 1 aromatic carbocycles. The lowest BCUT2D eigenvalue weighted by atomic mass is 9.99. The number of rotatable bonds is 13. The van der Waals surface area contributed by atoms with Crippen molar-refractivity contribution in [2.75, 3.05) is 38.2 Å². The number of aromatic nitrogens is 1. The smallest absolute Gasteiger partial charge is 0.325 e. The van der Waals surface area contributed by atoms with Crippen molar-refractivity contribution >= 4 is 18.3 Å². The Labute approximate surface area is 234 Å². The summed E-state index contributed by atoms with van der Waals surface area (Å²) >= 11 is 0. The van der Waals surface area contributed by atoms with Gasteiger partial charge in [0.15, 0.2) is 0 Å².